The summed E-state index contributed by atoms with van der Waals surface area (Å²) >= 11 is 0. The van der Waals surface area contributed by atoms with Crippen LogP contribution in [0, 0.1) is 10.2 Å². The summed E-state index contributed by atoms with van der Waals surface area (Å²) in [4.78, 5) is 2.87. The lowest BCUT2D eigenvalue weighted by Gasteiger charge is -2.17. The summed E-state index contributed by atoms with van der Waals surface area (Å²) in [6, 6.07) is 12.9. The van der Waals surface area contributed by atoms with Gasteiger partial charge < -0.3 is 0 Å². The van der Waals surface area contributed by atoms with Gasteiger partial charge in [0.15, 0.2) is 10.3 Å². The molecule has 0 atom stereocenters. The van der Waals surface area contributed by atoms with Crippen molar-refractivity contribution >= 4 is 20.7 Å². The third-order valence-corrected chi connectivity index (χ3v) is 4.61. The summed E-state index contributed by atoms with van der Waals surface area (Å²) in [5.41, 5.74) is 1.34. The molecule has 4 nitrogen and oxygen atoms in total. The Morgan fingerprint density at radius 2 is 1.67 bits per heavy atom. The third kappa shape index (κ3) is 6.36. The average molecular weight is 307 g/mol. The van der Waals surface area contributed by atoms with Gasteiger partial charge in [0.2, 0.25) is 0 Å². The number of aryl methyl sites for hydroxylation is 1. The highest BCUT2D eigenvalue weighted by atomic mass is 35.7. The molecule has 0 spiro atoms. The van der Waals surface area contributed by atoms with Crippen LogP contribution in [0.15, 0.2) is 36.4 Å². The van der Waals surface area contributed by atoms with Crippen molar-refractivity contribution in [3.05, 3.63) is 41.3 Å². The molecule has 0 saturated heterocycles. The minimum absolute atomic E-state index is 1.15. The quantitative estimate of drug-likeness (QED) is 0.555. The molecule has 0 N–H and O–H groups in total. The fourth-order valence-corrected chi connectivity index (χ4v) is 3.69. The van der Waals surface area contributed by atoms with E-state index in [0.29, 0.717) is 0 Å². The molecule has 0 bridgehead atoms. The second-order valence-corrected chi connectivity index (χ2v) is 6.29. The van der Waals surface area contributed by atoms with Crippen LogP contribution in [-0.4, -0.2) is 0 Å². The van der Waals surface area contributed by atoms with E-state index in [0.717, 1.165) is 6.42 Å². The van der Waals surface area contributed by atoms with Gasteiger partial charge in [-0.05, 0) is 18.6 Å². The van der Waals surface area contributed by atoms with Gasteiger partial charge in [0, 0.05) is 11.6 Å². The summed E-state index contributed by atoms with van der Waals surface area (Å²) in [5.74, 6) is 0. The van der Waals surface area contributed by atoms with E-state index in [-0.39, 0.29) is 0 Å². The Bertz CT molecular complexity index is 461. The van der Waals surface area contributed by atoms with Crippen LogP contribution < -0.4 is 18.6 Å². The molecule has 0 saturated carbocycles. The highest BCUT2D eigenvalue weighted by Gasteiger charge is 2.13. The molecule has 0 amide bonds. The first-order valence-corrected chi connectivity index (χ1v) is 8.38. The van der Waals surface area contributed by atoms with E-state index in [2.05, 4.69) is 43.3 Å². The largest absolute Gasteiger partial charge is 0.300 e. The molecule has 1 heterocycles. The molecule has 0 aliphatic carbocycles. The summed E-state index contributed by atoms with van der Waals surface area (Å²) in [6.45, 7) is 2.20. The molecule has 7 heteroatoms. The van der Waals surface area contributed by atoms with Crippen LogP contribution in [0.2, 0.25) is 0 Å². The topological polar surface area (TPSA) is 92.2 Å². The van der Waals surface area contributed by atoms with Crippen LogP contribution in [0.5, 0.6) is 0 Å². The number of benzene rings is 1. The van der Waals surface area contributed by atoms with E-state index in [9.17, 15) is 0 Å². The molecule has 0 radical (unpaired) electrons. The first kappa shape index (κ1) is 15.5. The summed E-state index contributed by atoms with van der Waals surface area (Å²) in [5, 5.41) is 0. The molecule has 0 aliphatic rings. The minimum Gasteiger partial charge on any atom is -0.222 e. The maximum Gasteiger partial charge on any atom is 0.300 e. The van der Waals surface area contributed by atoms with Crippen molar-refractivity contribution in [1.29, 1.82) is 0 Å². The van der Waals surface area contributed by atoms with Crippen molar-refractivity contribution in [2.45, 2.75) is 13.3 Å². The Labute approximate surface area is 115 Å². The van der Waals surface area contributed by atoms with Gasteiger partial charge >= 0.3 is 10.3 Å². The first-order valence-electron chi connectivity index (χ1n) is 4.99. The third-order valence-electron chi connectivity index (χ3n) is 1.94. The van der Waals surface area contributed by atoms with Crippen molar-refractivity contribution in [1.82, 2.24) is 0 Å². The van der Waals surface area contributed by atoms with Gasteiger partial charge in [0.05, 0.1) is 4.88 Å². The van der Waals surface area contributed by atoms with Crippen LogP contribution in [0.1, 0.15) is 11.8 Å². The standard InChI is InChI=1S/C11H11S2.ClHO4/c1-2-10-8-11(13-12-10)9-6-4-3-5-7-9;2-1(3,4)5/h3-8H,2H2,1H3;(H,2,3,4,5)/q+1;/p-1. The predicted molar refractivity (Wildman–Crippen MR) is 61.4 cm³/mol. The zero-order chi connectivity index (χ0) is 13.6. The number of hydrogen-bond donors (Lipinski definition) is 0. The van der Waals surface area contributed by atoms with Crippen LogP contribution >= 0.6 is 20.7 Å². The van der Waals surface area contributed by atoms with Crippen molar-refractivity contribution in [3.63, 3.8) is 0 Å². The molecule has 0 aliphatic heterocycles. The van der Waals surface area contributed by atoms with Crippen molar-refractivity contribution in [3.8, 4) is 10.4 Å². The van der Waals surface area contributed by atoms with Crippen LogP contribution in [0.3, 0.4) is 0 Å². The van der Waals surface area contributed by atoms with Crippen LogP contribution in [0.25, 0.3) is 10.4 Å². The van der Waals surface area contributed by atoms with Gasteiger partial charge in [-0.1, -0.05) is 25.1 Å². The summed E-state index contributed by atoms with van der Waals surface area (Å²) in [7, 11) is -1.19. The number of rotatable bonds is 2. The maximum atomic E-state index is 8.49. The Morgan fingerprint density at radius 3 is 2.11 bits per heavy atom. The SMILES string of the molecule is CCc1cc(-c2ccccc2)[s+]s1.[O-][Cl+3]([O-])([O-])[O-]. The number of halogens is 1. The number of hydrogen-bond acceptors (Lipinski definition) is 5. The maximum absolute atomic E-state index is 8.49. The first-order chi connectivity index (χ1) is 8.40. The molecule has 1 aromatic heterocycles. The molecule has 18 heavy (non-hydrogen) atoms. The molecule has 2 rings (SSSR count). The van der Waals surface area contributed by atoms with E-state index in [4.69, 9.17) is 18.6 Å². The van der Waals surface area contributed by atoms with Gasteiger partial charge in [-0.3, -0.25) is 0 Å². The van der Waals surface area contributed by atoms with E-state index < -0.39 is 10.2 Å². The Morgan fingerprint density at radius 1 is 1.11 bits per heavy atom. The zero-order valence-electron chi connectivity index (χ0n) is 9.50. The van der Waals surface area contributed by atoms with Gasteiger partial charge in [0.25, 0.3) is 4.88 Å². The fourth-order valence-electron chi connectivity index (χ4n) is 1.19. The Hall–Kier alpha value is -0.600. The second-order valence-electron chi connectivity index (χ2n) is 3.24. The fraction of sp³-hybridized carbons (Fsp3) is 0.182. The van der Waals surface area contributed by atoms with Crippen LogP contribution in [-0.2, 0) is 6.42 Å². The highest BCUT2D eigenvalue weighted by molar-refractivity contribution is 7.70. The lowest BCUT2D eigenvalue weighted by molar-refractivity contribution is -2.00. The molecular formula is C11H11ClO4S2. The molecule has 98 valence electrons. The molecule has 0 unspecified atom stereocenters. The van der Waals surface area contributed by atoms with E-state index in [1.54, 1.807) is 0 Å². The highest BCUT2D eigenvalue weighted by Crippen LogP contribution is 2.31. The average Bonchev–Trinajstić information content (AvgIpc) is 2.76. The lowest BCUT2D eigenvalue weighted by Crippen LogP contribution is -2.68. The van der Waals surface area contributed by atoms with E-state index >= 15 is 0 Å². The van der Waals surface area contributed by atoms with Crippen molar-refractivity contribution < 1.29 is 28.9 Å². The minimum atomic E-state index is -4.94. The lowest BCUT2D eigenvalue weighted by atomic mass is 10.2. The van der Waals surface area contributed by atoms with E-state index in [1.807, 2.05) is 20.7 Å². The van der Waals surface area contributed by atoms with Gasteiger partial charge in [-0.2, -0.15) is 0 Å². The van der Waals surface area contributed by atoms with E-state index in [1.165, 1.54) is 15.3 Å². The smallest absolute Gasteiger partial charge is 0.222 e. The molecular weight excluding hydrogens is 296 g/mol. The molecule has 0 fully saturated rings. The normalized spacial score (nSPS) is 10.7. The summed E-state index contributed by atoms with van der Waals surface area (Å²) in [6.07, 6.45) is 1.15. The monoisotopic (exact) mass is 306 g/mol. The molecule has 1 aromatic carbocycles. The van der Waals surface area contributed by atoms with Gasteiger partial charge in [0.1, 0.15) is 0 Å². The predicted octanol–water partition coefficient (Wildman–Crippen LogP) is -0.436. The summed E-state index contributed by atoms with van der Waals surface area (Å²) < 4.78 is 34.0. The Kier molecular flexibility index (Phi) is 6.10. The van der Waals surface area contributed by atoms with Crippen LogP contribution in [0.4, 0.5) is 0 Å². The van der Waals surface area contributed by atoms with Crippen molar-refractivity contribution in [2.24, 2.45) is 0 Å². The zero-order valence-corrected chi connectivity index (χ0v) is 11.9. The molecule has 2 aromatic rings. The van der Waals surface area contributed by atoms with Gasteiger partial charge in [-0.15, -0.1) is 10.2 Å². The second kappa shape index (κ2) is 7.10. The Balaban J connectivity index is 0.000000280. The van der Waals surface area contributed by atoms with Gasteiger partial charge in [-0.25, -0.2) is 18.6 Å². The van der Waals surface area contributed by atoms with Crippen molar-refractivity contribution in [2.75, 3.05) is 0 Å².